The molecule has 0 bridgehead atoms. The molecule has 1 N–H and O–H groups in total. The third-order valence-electron chi connectivity index (χ3n) is 7.08. The fourth-order valence-electron chi connectivity index (χ4n) is 5.22. The molecule has 2 aromatic rings. The van der Waals surface area contributed by atoms with Gasteiger partial charge in [-0.25, -0.2) is 0 Å². The second-order valence-electron chi connectivity index (χ2n) is 9.19. The van der Waals surface area contributed by atoms with Gasteiger partial charge in [0.15, 0.2) is 0 Å². The van der Waals surface area contributed by atoms with E-state index in [1.807, 2.05) is 44.2 Å². The zero-order valence-electron chi connectivity index (χ0n) is 18.4. The van der Waals surface area contributed by atoms with Gasteiger partial charge in [0.1, 0.15) is 23.0 Å². The van der Waals surface area contributed by atoms with Crippen molar-refractivity contribution in [2.45, 2.75) is 51.6 Å². The number of para-hydroxylation sites is 1. The number of aliphatic carboxylic acids is 1. The molecule has 32 heavy (non-hydrogen) atoms. The van der Waals surface area contributed by atoms with E-state index in [1.165, 1.54) is 0 Å². The number of nitrogens with zero attached hydrogens (tertiary/aromatic N) is 2. The molecule has 0 spiro atoms. The fourth-order valence-corrected chi connectivity index (χ4v) is 5.22. The summed E-state index contributed by atoms with van der Waals surface area (Å²) in [5.74, 6) is -1.05. The molecule has 0 amide bonds. The minimum Gasteiger partial charge on any atom is -0.481 e. The number of carboxylic acids is 1. The first kappa shape index (κ1) is 21.9. The van der Waals surface area contributed by atoms with Crippen molar-refractivity contribution in [3.8, 4) is 17.6 Å². The van der Waals surface area contributed by atoms with Crippen LogP contribution in [0.1, 0.15) is 51.0 Å². The summed E-state index contributed by atoms with van der Waals surface area (Å²) in [5, 5.41) is 24.6. The summed E-state index contributed by atoms with van der Waals surface area (Å²) in [6.45, 7) is 3.75. The number of hydrogen-bond acceptors (Lipinski definition) is 5. The van der Waals surface area contributed by atoms with Gasteiger partial charge in [0.25, 0.3) is 0 Å². The molecular formula is C26H28N2O4. The first-order valence-electron chi connectivity index (χ1n) is 11.1. The lowest BCUT2D eigenvalue weighted by Gasteiger charge is -2.22. The standard InChI is InChI=1S/C26H28N2O4/c1-25(2)23(17-28-32-20-12-6-7-13-20)26(25,24(29)30)22(16-27)18-9-8-14-21(15-18)31-19-10-4-3-5-11-19/h3-5,8-11,14-15,17,20,22-23H,6-7,12-13H2,1-2H3,(H,29,30). The highest BCUT2D eigenvalue weighted by Gasteiger charge is 2.79. The molecule has 3 atom stereocenters. The smallest absolute Gasteiger partial charge is 0.312 e. The molecule has 0 aromatic heterocycles. The van der Waals surface area contributed by atoms with Gasteiger partial charge < -0.3 is 14.7 Å². The van der Waals surface area contributed by atoms with Crippen molar-refractivity contribution in [2.24, 2.45) is 21.9 Å². The van der Waals surface area contributed by atoms with Crippen LogP contribution in [0.4, 0.5) is 0 Å². The summed E-state index contributed by atoms with van der Waals surface area (Å²) in [4.78, 5) is 18.2. The molecule has 0 radical (unpaired) electrons. The van der Waals surface area contributed by atoms with Gasteiger partial charge in [0.2, 0.25) is 0 Å². The molecule has 3 unspecified atom stereocenters. The van der Waals surface area contributed by atoms with E-state index in [9.17, 15) is 15.2 Å². The molecule has 2 saturated carbocycles. The van der Waals surface area contributed by atoms with E-state index in [0.717, 1.165) is 25.7 Å². The molecule has 2 aromatic carbocycles. The quantitative estimate of drug-likeness (QED) is 0.423. The van der Waals surface area contributed by atoms with Crippen LogP contribution in [-0.4, -0.2) is 23.4 Å². The third kappa shape index (κ3) is 3.73. The van der Waals surface area contributed by atoms with Crippen LogP contribution in [0.3, 0.4) is 0 Å². The number of hydrogen-bond donors (Lipinski definition) is 1. The van der Waals surface area contributed by atoms with Crippen molar-refractivity contribution in [1.82, 2.24) is 0 Å². The highest BCUT2D eigenvalue weighted by atomic mass is 16.6. The Morgan fingerprint density at radius 1 is 1.16 bits per heavy atom. The Kier molecular flexibility index (Phi) is 5.92. The van der Waals surface area contributed by atoms with Gasteiger partial charge in [-0.2, -0.15) is 5.26 Å². The molecule has 2 aliphatic rings. The van der Waals surface area contributed by atoms with Crippen LogP contribution in [0.2, 0.25) is 0 Å². The van der Waals surface area contributed by atoms with Crippen LogP contribution in [-0.2, 0) is 9.63 Å². The lowest BCUT2D eigenvalue weighted by atomic mass is 9.78. The molecule has 2 fully saturated rings. The Labute approximate surface area is 188 Å². The highest BCUT2D eigenvalue weighted by Crippen LogP contribution is 2.73. The Morgan fingerprint density at radius 2 is 1.84 bits per heavy atom. The molecule has 2 aliphatic carbocycles. The number of carboxylic acid groups (broad SMARTS) is 1. The molecular weight excluding hydrogens is 404 g/mol. The second kappa shape index (κ2) is 8.66. The van der Waals surface area contributed by atoms with E-state index in [-0.39, 0.29) is 6.10 Å². The molecule has 6 heteroatoms. The van der Waals surface area contributed by atoms with E-state index < -0.39 is 28.6 Å². The van der Waals surface area contributed by atoms with Gasteiger partial charge in [-0.05, 0) is 60.9 Å². The lowest BCUT2D eigenvalue weighted by molar-refractivity contribution is -0.145. The number of ether oxygens (including phenoxy) is 1. The zero-order valence-corrected chi connectivity index (χ0v) is 18.4. The molecule has 0 aliphatic heterocycles. The van der Waals surface area contributed by atoms with Crippen LogP contribution >= 0.6 is 0 Å². The van der Waals surface area contributed by atoms with Crippen molar-refractivity contribution >= 4 is 12.2 Å². The number of oxime groups is 1. The van der Waals surface area contributed by atoms with Gasteiger partial charge in [-0.3, -0.25) is 4.79 Å². The average Bonchev–Trinajstić information content (AvgIpc) is 3.10. The number of rotatable bonds is 8. The summed E-state index contributed by atoms with van der Waals surface area (Å²) in [6, 6.07) is 18.7. The van der Waals surface area contributed by atoms with Crippen LogP contribution in [0.5, 0.6) is 11.5 Å². The largest absolute Gasteiger partial charge is 0.481 e. The van der Waals surface area contributed by atoms with Crippen molar-refractivity contribution in [3.63, 3.8) is 0 Å². The minimum atomic E-state index is -1.30. The molecule has 0 saturated heterocycles. The molecule has 0 heterocycles. The number of benzene rings is 2. The maximum Gasteiger partial charge on any atom is 0.312 e. The first-order valence-corrected chi connectivity index (χ1v) is 11.1. The van der Waals surface area contributed by atoms with Gasteiger partial charge in [-0.15, -0.1) is 0 Å². The predicted molar refractivity (Wildman–Crippen MR) is 120 cm³/mol. The van der Waals surface area contributed by atoms with Crippen LogP contribution in [0.25, 0.3) is 0 Å². The maximum absolute atomic E-state index is 12.6. The average molecular weight is 433 g/mol. The summed E-state index contributed by atoms with van der Waals surface area (Å²) in [6.07, 6.45) is 5.92. The van der Waals surface area contributed by atoms with Crippen LogP contribution < -0.4 is 4.74 Å². The normalized spacial score (nSPS) is 25.2. The predicted octanol–water partition coefficient (Wildman–Crippen LogP) is 5.76. The third-order valence-corrected chi connectivity index (χ3v) is 7.08. The van der Waals surface area contributed by atoms with Crippen molar-refractivity contribution in [2.75, 3.05) is 0 Å². The minimum absolute atomic E-state index is 0.103. The van der Waals surface area contributed by atoms with Gasteiger partial charge >= 0.3 is 5.97 Å². The summed E-state index contributed by atoms with van der Waals surface area (Å²) < 4.78 is 5.90. The van der Waals surface area contributed by atoms with Gasteiger partial charge in [0.05, 0.1) is 12.0 Å². The first-order chi connectivity index (χ1) is 15.4. The molecule has 4 rings (SSSR count). The van der Waals surface area contributed by atoms with E-state index in [4.69, 9.17) is 9.57 Å². The Morgan fingerprint density at radius 3 is 2.50 bits per heavy atom. The van der Waals surface area contributed by atoms with E-state index in [1.54, 1.807) is 30.5 Å². The highest BCUT2D eigenvalue weighted by molar-refractivity contribution is 5.91. The van der Waals surface area contributed by atoms with Crippen molar-refractivity contribution in [1.29, 1.82) is 5.26 Å². The summed E-state index contributed by atoms with van der Waals surface area (Å²) in [7, 11) is 0. The molecule has 166 valence electrons. The Balaban J connectivity index is 1.61. The fraction of sp³-hybridized carbons (Fsp3) is 0.423. The maximum atomic E-state index is 12.6. The lowest BCUT2D eigenvalue weighted by Crippen LogP contribution is -2.29. The van der Waals surface area contributed by atoms with Gasteiger partial charge in [-0.1, -0.05) is 49.3 Å². The van der Waals surface area contributed by atoms with E-state index in [0.29, 0.717) is 17.1 Å². The summed E-state index contributed by atoms with van der Waals surface area (Å²) >= 11 is 0. The Bertz CT molecular complexity index is 1040. The van der Waals surface area contributed by atoms with Crippen molar-refractivity contribution < 1.29 is 19.5 Å². The zero-order chi connectivity index (χ0) is 22.8. The molecule has 6 nitrogen and oxygen atoms in total. The monoisotopic (exact) mass is 432 g/mol. The van der Waals surface area contributed by atoms with E-state index in [2.05, 4.69) is 11.2 Å². The Hall–Kier alpha value is -3.33. The van der Waals surface area contributed by atoms with Crippen LogP contribution in [0.15, 0.2) is 59.8 Å². The van der Waals surface area contributed by atoms with Crippen molar-refractivity contribution in [3.05, 3.63) is 60.2 Å². The number of nitriles is 1. The topological polar surface area (TPSA) is 91.9 Å². The summed E-state index contributed by atoms with van der Waals surface area (Å²) in [5.41, 5.74) is -1.34. The van der Waals surface area contributed by atoms with Crippen LogP contribution in [0, 0.1) is 28.1 Å². The van der Waals surface area contributed by atoms with Gasteiger partial charge in [0, 0.05) is 12.1 Å². The number of carbonyl (C=O) groups is 1. The second-order valence-corrected chi connectivity index (χ2v) is 9.19. The van der Waals surface area contributed by atoms with E-state index >= 15 is 0 Å². The SMILES string of the molecule is CC1(C)C(C=NOC2CCCC2)C1(C(=O)O)C(C#N)c1cccc(Oc2ccccc2)c1.